The van der Waals surface area contributed by atoms with Gasteiger partial charge in [-0.25, -0.2) is 0 Å². The third kappa shape index (κ3) is 2.75. The van der Waals surface area contributed by atoms with E-state index in [0.29, 0.717) is 30.7 Å². The van der Waals surface area contributed by atoms with E-state index in [-0.39, 0.29) is 11.8 Å². The van der Waals surface area contributed by atoms with E-state index in [1.165, 1.54) is 4.90 Å². The number of fused-ring (bicyclic) bond motifs is 2. The zero-order valence-electron chi connectivity index (χ0n) is 14.5. The molecular formula is C21H19NO4. The fourth-order valence-corrected chi connectivity index (χ4v) is 3.46. The van der Waals surface area contributed by atoms with Crippen molar-refractivity contribution in [3.63, 3.8) is 0 Å². The molecule has 0 bridgehead atoms. The summed E-state index contributed by atoms with van der Waals surface area (Å²) in [5.74, 6) is 1.21. The summed E-state index contributed by atoms with van der Waals surface area (Å²) in [7, 11) is 1.64. The zero-order valence-corrected chi connectivity index (χ0v) is 14.5. The van der Waals surface area contributed by atoms with Gasteiger partial charge in [-0.15, -0.1) is 0 Å². The van der Waals surface area contributed by atoms with Gasteiger partial charge in [0.2, 0.25) is 0 Å². The van der Waals surface area contributed by atoms with Crippen molar-refractivity contribution >= 4 is 17.4 Å². The molecule has 26 heavy (non-hydrogen) atoms. The van der Waals surface area contributed by atoms with Gasteiger partial charge in [0.05, 0.1) is 18.2 Å². The molecule has 2 aliphatic heterocycles. The Bertz CT molecular complexity index is 881. The molecule has 0 N–H and O–H groups in total. The van der Waals surface area contributed by atoms with E-state index in [0.717, 1.165) is 29.1 Å². The molecule has 0 fully saturated rings. The summed E-state index contributed by atoms with van der Waals surface area (Å²) in [4.78, 5) is 26.2. The molecule has 0 radical (unpaired) electrons. The number of nitrogens with zero attached hydrogens (tertiary/aromatic N) is 1. The average molecular weight is 349 g/mol. The molecule has 0 aliphatic carbocycles. The Morgan fingerprint density at radius 3 is 2.46 bits per heavy atom. The number of imide groups is 1. The molecule has 0 saturated heterocycles. The second-order valence-corrected chi connectivity index (χ2v) is 6.31. The Labute approximate surface area is 151 Å². The quantitative estimate of drug-likeness (QED) is 0.775. The van der Waals surface area contributed by atoms with Crippen LogP contribution < -0.4 is 9.47 Å². The maximum Gasteiger partial charge on any atom is 0.261 e. The summed E-state index contributed by atoms with van der Waals surface area (Å²) >= 11 is 0. The van der Waals surface area contributed by atoms with Crippen molar-refractivity contribution in [2.24, 2.45) is 0 Å². The number of methoxy groups -OCH3 is 1. The van der Waals surface area contributed by atoms with Crippen molar-refractivity contribution in [3.8, 4) is 11.5 Å². The molecular weight excluding hydrogens is 330 g/mol. The molecule has 0 atom stereocenters. The van der Waals surface area contributed by atoms with E-state index >= 15 is 0 Å². The first-order chi connectivity index (χ1) is 12.7. The molecule has 0 unspecified atom stereocenters. The Morgan fingerprint density at radius 2 is 1.77 bits per heavy atom. The van der Waals surface area contributed by atoms with E-state index in [4.69, 9.17) is 9.47 Å². The minimum Gasteiger partial charge on any atom is -0.497 e. The SMILES string of the molecule is COc1ccc2c(c1)C(CCCN1C(=O)c3ccccc3C1=O)=CCO2. The van der Waals surface area contributed by atoms with Crippen LogP contribution in [0.15, 0.2) is 48.5 Å². The summed E-state index contributed by atoms with van der Waals surface area (Å²) in [6, 6.07) is 12.7. The second-order valence-electron chi connectivity index (χ2n) is 6.31. The normalized spacial score (nSPS) is 15.3. The standard InChI is InChI=1S/C21H19NO4/c1-25-15-8-9-19-18(13-15)14(10-12-26-19)5-4-11-22-20(23)16-6-2-3-7-17(16)21(22)24/h2-3,6-10,13H,4-5,11-12H2,1H3. The summed E-state index contributed by atoms with van der Waals surface area (Å²) in [6.07, 6.45) is 3.51. The van der Waals surface area contributed by atoms with Crippen molar-refractivity contribution in [1.29, 1.82) is 0 Å². The lowest BCUT2D eigenvalue weighted by Gasteiger charge is -2.20. The van der Waals surface area contributed by atoms with Gasteiger partial charge in [-0.3, -0.25) is 14.5 Å². The van der Waals surface area contributed by atoms with Crippen LogP contribution in [0.5, 0.6) is 11.5 Å². The molecule has 5 heteroatoms. The Morgan fingerprint density at radius 1 is 1.04 bits per heavy atom. The highest BCUT2D eigenvalue weighted by Crippen LogP contribution is 2.35. The summed E-state index contributed by atoms with van der Waals surface area (Å²) < 4.78 is 11.0. The fourth-order valence-electron chi connectivity index (χ4n) is 3.46. The molecule has 132 valence electrons. The number of allylic oxidation sites excluding steroid dienone is 1. The monoisotopic (exact) mass is 349 g/mol. The number of amides is 2. The first-order valence-corrected chi connectivity index (χ1v) is 8.64. The first kappa shape index (κ1) is 16.4. The van der Waals surface area contributed by atoms with E-state index in [1.807, 2.05) is 24.3 Å². The van der Waals surface area contributed by atoms with Crippen LogP contribution in [0.4, 0.5) is 0 Å². The van der Waals surface area contributed by atoms with Gasteiger partial charge in [0.15, 0.2) is 0 Å². The summed E-state index contributed by atoms with van der Waals surface area (Å²) in [5, 5.41) is 0. The van der Waals surface area contributed by atoms with Crippen molar-refractivity contribution in [2.45, 2.75) is 12.8 Å². The zero-order chi connectivity index (χ0) is 18.1. The van der Waals surface area contributed by atoms with E-state index < -0.39 is 0 Å². The molecule has 2 aromatic rings. The molecule has 2 aliphatic rings. The van der Waals surface area contributed by atoms with Gasteiger partial charge < -0.3 is 9.47 Å². The Hall–Kier alpha value is -3.08. The molecule has 0 aromatic heterocycles. The van der Waals surface area contributed by atoms with Crippen LogP contribution in [0.2, 0.25) is 0 Å². The highest BCUT2D eigenvalue weighted by molar-refractivity contribution is 6.21. The van der Waals surface area contributed by atoms with Crippen LogP contribution >= 0.6 is 0 Å². The molecule has 5 nitrogen and oxygen atoms in total. The van der Waals surface area contributed by atoms with Crippen LogP contribution in [0.3, 0.4) is 0 Å². The summed E-state index contributed by atoms with van der Waals surface area (Å²) in [5.41, 5.74) is 3.16. The Kier molecular flexibility index (Phi) is 4.21. The van der Waals surface area contributed by atoms with Gasteiger partial charge in [0, 0.05) is 12.1 Å². The topological polar surface area (TPSA) is 55.8 Å². The number of carbonyl (C=O) groups is 2. The number of hydrogen-bond donors (Lipinski definition) is 0. The van der Waals surface area contributed by atoms with E-state index in [1.54, 1.807) is 31.4 Å². The number of rotatable bonds is 5. The van der Waals surface area contributed by atoms with Crippen molar-refractivity contribution in [2.75, 3.05) is 20.3 Å². The van der Waals surface area contributed by atoms with Gasteiger partial charge >= 0.3 is 0 Å². The van der Waals surface area contributed by atoms with Crippen LogP contribution in [-0.2, 0) is 0 Å². The van der Waals surface area contributed by atoms with Gasteiger partial charge in [-0.2, -0.15) is 0 Å². The van der Waals surface area contributed by atoms with Crippen LogP contribution in [-0.4, -0.2) is 37.0 Å². The highest BCUT2D eigenvalue weighted by atomic mass is 16.5. The molecule has 0 saturated carbocycles. The smallest absolute Gasteiger partial charge is 0.261 e. The first-order valence-electron chi connectivity index (χ1n) is 8.64. The number of benzene rings is 2. The number of ether oxygens (including phenoxy) is 2. The van der Waals surface area contributed by atoms with Gasteiger partial charge in [-0.1, -0.05) is 12.1 Å². The van der Waals surface area contributed by atoms with Gasteiger partial charge in [0.1, 0.15) is 18.1 Å². The lowest BCUT2D eigenvalue weighted by atomic mass is 9.98. The molecule has 2 heterocycles. The lowest BCUT2D eigenvalue weighted by molar-refractivity contribution is 0.0653. The van der Waals surface area contributed by atoms with Crippen molar-refractivity contribution < 1.29 is 19.1 Å². The third-order valence-electron chi connectivity index (χ3n) is 4.81. The van der Waals surface area contributed by atoms with E-state index in [2.05, 4.69) is 0 Å². The lowest BCUT2D eigenvalue weighted by Crippen LogP contribution is -2.30. The van der Waals surface area contributed by atoms with Crippen molar-refractivity contribution in [1.82, 2.24) is 4.90 Å². The van der Waals surface area contributed by atoms with Gasteiger partial charge in [0.25, 0.3) is 11.8 Å². The minimum absolute atomic E-state index is 0.200. The third-order valence-corrected chi connectivity index (χ3v) is 4.81. The molecule has 2 aromatic carbocycles. The molecule has 2 amide bonds. The van der Waals surface area contributed by atoms with E-state index in [9.17, 15) is 9.59 Å². The predicted molar refractivity (Wildman–Crippen MR) is 97.5 cm³/mol. The van der Waals surface area contributed by atoms with Crippen LogP contribution in [0, 0.1) is 0 Å². The maximum absolute atomic E-state index is 12.4. The van der Waals surface area contributed by atoms with Gasteiger partial charge in [-0.05, 0) is 54.8 Å². The highest BCUT2D eigenvalue weighted by Gasteiger charge is 2.34. The fraction of sp³-hybridized carbons (Fsp3) is 0.238. The number of hydrogen-bond acceptors (Lipinski definition) is 4. The van der Waals surface area contributed by atoms with Crippen LogP contribution in [0.25, 0.3) is 5.57 Å². The molecule has 4 rings (SSSR count). The second kappa shape index (κ2) is 6.67. The summed E-state index contributed by atoms with van der Waals surface area (Å²) in [6.45, 7) is 0.936. The van der Waals surface area contributed by atoms with Crippen molar-refractivity contribution in [3.05, 3.63) is 65.2 Å². The largest absolute Gasteiger partial charge is 0.497 e. The van der Waals surface area contributed by atoms with Crippen LogP contribution in [0.1, 0.15) is 39.1 Å². The average Bonchev–Trinajstić information content (AvgIpc) is 2.93. The molecule has 0 spiro atoms. The minimum atomic E-state index is -0.200. The maximum atomic E-state index is 12.4. The number of carbonyl (C=O) groups excluding carboxylic acids is 2. The Balaban J connectivity index is 1.44. The predicted octanol–water partition coefficient (Wildman–Crippen LogP) is 3.55.